The first-order valence-corrected chi connectivity index (χ1v) is 5.13. The lowest BCUT2D eigenvalue weighted by molar-refractivity contribution is -0.368. The lowest BCUT2D eigenvalue weighted by Gasteiger charge is -2.28. The predicted octanol–water partition coefficient (Wildman–Crippen LogP) is 3.65. The van der Waals surface area contributed by atoms with Gasteiger partial charge in [0, 0.05) is 0 Å². The van der Waals surface area contributed by atoms with Gasteiger partial charge in [0.05, 0.1) is 0 Å². The maximum absolute atomic E-state index is 13.0. The van der Waals surface area contributed by atoms with Crippen molar-refractivity contribution in [1.82, 2.24) is 0 Å². The van der Waals surface area contributed by atoms with Crippen LogP contribution < -0.4 is 0 Å². The van der Waals surface area contributed by atoms with Crippen molar-refractivity contribution in [3.8, 4) is 0 Å². The van der Waals surface area contributed by atoms with E-state index in [4.69, 9.17) is 0 Å². The third kappa shape index (κ3) is 3.71. The molecule has 0 amide bonds. The van der Waals surface area contributed by atoms with E-state index < -0.39 is 48.0 Å². The Labute approximate surface area is 130 Å². The molecule has 0 aromatic carbocycles. The maximum atomic E-state index is 13.0. The second-order valence-corrected chi connectivity index (χ2v) is 4.05. The van der Waals surface area contributed by atoms with Gasteiger partial charge in [0.25, 0.3) is 0 Å². The summed E-state index contributed by atoms with van der Waals surface area (Å²) in [7, 11) is 0. The van der Waals surface area contributed by atoms with Crippen molar-refractivity contribution in [3.05, 3.63) is 0 Å². The summed E-state index contributed by atoms with van der Waals surface area (Å²) in [4.78, 5) is 25.2. The minimum atomic E-state index is -7.20. The summed E-state index contributed by atoms with van der Waals surface area (Å²) < 4.78 is 170. The van der Waals surface area contributed by atoms with Crippen LogP contribution in [0.2, 0.25) is 0 Å². The van der Waals surface area contributed by atoms with E-state index in [0.29, 0.717) is 0 Å². The van der Waals surface area contributed by atoms with Gasteiger partial charge in [-0.2, -0.15) is 52.7 Å². The van der Waals surface area contributed by atoms with Gasteiger partial charge in [-0.1, -0.05) is 0 Å². The topological polar surface area (TPSA) is 52.6 Å². The predicted molar refractivity (Wildman–Crippen MR) is 44.1 cm³/mol. The van der Waals surface area contributed by atoms with Crippen LogP contribution >= 0.6 is 0 Å². The Bertz CT molecular complexity index is 473. The average molecular weight is 426 g/mol. The van der Waals surface area contributed by atoms with Crippen molar-refractivity contribution in [2.45, 2.75) is 36.0 Å². The minimum absolute atomic E-state index is 2.12. The van der Waals surface area contributed by atoms with Gasteiger partial charge >= 0.3 is 48.0 Å². The van der Waals surface area contributed by atoms with E-state index in [9.17, 15) is 71.1 Å². The van der Waals surface area contributed by atoms with Gasteiger partial charge < -0.3 is 0 Å². The molecule has 0 N–H and O–H groups in total. The van der Waals surface area contributed by atoms with Crippen molar-refractivity contribution in [1.29, 1.82) is 0 Å². The Morgan fingerprint density at radius 3 is 0.692 bits per heavy atom. The summed E-state index contributed by atoms with van der Waals surface area (Å²) in [5.41, 5.74) is -14.0. The monoisotopic (exact) mass is 426 g/mol. The molecule has 0 aliphatic carbocycles. The van der Waals surface area contributed by atoms with Gasteiger partial charge in [0.1, 0.15) is 0 Å². The lowest BCUT2D eigenvalue weighted by atomic mass is 10.1. The number of rotatable bonds is 2. The Hall–Kier alpha value is -2.04. The second-order valence-electron chi connectivity index (χ2n) is 4.05. The number of halogens is 14. The first-order valence-electron chi connectivity index (χ1n) is 5.13. The number of hydrogen-bond donors (Lipinski definition) is 0. The number of carbonyl (C=O) groups is 2. The fraction of sp³-hybridized carbons (Fsp3) is 0.750. The zero-order valence-corrected chi connectivity index (χ0v) is 10.9. The minimum Gasteiger partial charge on any atom is -0.243 e. The van der Waals surface area contributed by atoms with E-state index in [2.05, 4.69) is 9.78 Å². The molecule has 0 atom stereocenters. The molecule has 18 heteroatoms. The molecule has 0 saturated carbocycles. The average Bonchev–Trinajstić information content (AvgIpc) is 2.37. The number of hydrogen-bond acceptors (Lipinski definition) is 4. The standard InChI is InChI=1S/C8F14O4/c9-3(5(11,12)13,6(14,15)16)1(23)25-26-2(24)4(10,7(17,18)19)8(20,21)22. The van der Waals surface area contributed by atoms with Crippen LogP contribution in [-0.2, 0) is 19.4 Å². The van der Waals surface area contributed by atoms with Crippen LogP contribution in [0.4, 0.5) is 61.5 Å². The second kappa shape index (κ2) is 6.29. The lowest BCUT2D eigenvalue weighted by Crippen LogP contribution is -2.61. The Morgan fingerprint density at radius 1 is 0.423 bits per heavy atom. The van der Waals surface area contributed by atoms with Gasteiger partial charge in [-0.25, -0.2) is 28.1 Å². The highest BCUT2D eigenvalue weighted by molar-refractivity contribution is 5.85. The first kappa shape index (κ1) is 24.0. The van der Waals surface area contributed by atoms with Crippen LogP contribution in [0.5, 0.6) is 0 Å². The molecule has 0 fully saturated rings. The van der Waals surface area contributed by atoms with Crippen molar-refractivity contribution in [3.63, 3.8) is 0 Å². The Kier molecular flexibility index (Phi) is 5.80. The molecule has 0 bridgehead atoms. The zero-order valence-electron chi connectivity index (χ0n) is 10.9. The molecule has 26 heavy (non-hydrogen) atoms. The van der Waals surface area contributed by atoms with Crippen molar-refractivity contribution in [2.75, 3.05) is 0 Å². The summed E-state index contributed by atoms with van der Waals surface area (Å²) >= 11 is 0. The summed E-state index contributed by atoms with van der Waals surface area (Å²) in [5, 5.41) is 0. The normalized spacial score (nSPS) is 14.8. The van der Waals surface area contributed by atoms with E-state index in [1.54, 1.807) is 0 Å². The molecule has 0 saturated heterocycles. The summed E-state index contributed by atoms with van der Waals surface area (Å²) in [6.45, 7) is 0. The van der Waals surface area contributed by atoms with Crippen LogP contribution in [0.25, 0.3) is 0 Å². The first-order chi connectivity index (χ1) is 11.0. The molecule has 0 rings (SSSR count). The highest BCUT2D eigenvalue weighted by Crippen LogP contribution is 2.49. The largest absolute Gasteiger partial charge is 0.443 e. The quantitative estimate of drug-likeness (QED) is 0.385. The third-order valence-electron chi connectivity index (χ3n) is 2.32. The van der Waals surface area contributed by atoms with Crippen molar-refractivity contribution in [2.24, 2.45) is 0 Å². The molecular weight excluding hydrogens is 426 g/mol. The molecule has 0 aliphatic rings. The highest BCUT2D eigenvalue weighted by Gasteiger charge is 2.81. The number of carbonyl (C=O) groups excluding carboxylic acids is 2. The molecule has 154 valence electrons. The van der Waals surface area contributed by atoms with Gasteiger partial charge in [0.15, 0.2) is 0 Å². The highest BCUT2D eigenvalue weighted by atomic mass is 19.4. The molecule has 0 aromatic rings. The van der Waals surface area contributed by atoms with Crippen LogP contribution in [-0.4, -0.2) is 48.0 Å². The summed E-state index contributed by atoms with van der Waals surface area (Å²) in [6, 6.07) is 0. The van der Waals surface area contributed by atoms with Gasteiger partial charge in [-0.3, -0.25) is 0 Å². The molecule has 4 nitrogen and oxygen atoms in total. The molecule has 0 aliphatic heterocycles. The van der Waals surface area contributed by atoms with Crippen LogP contribution in [0, 0.1) is 0 Å². The van der Waals surface area contributed by atoms with E-state index in [1.807, 2.05) is 0 Å². The van der Waals surface area contributed by atoms with Gasteiger partial charge in [-0.15, -0.1) is 0 Å². The Balaban J connectivity index is 5.72. The third-order valence-corrected chi connectivity index (χ3v) is 2.32. The molecular formula is C8F14O4. The molecule has 0 spiro atoms. The van der Waals surface area contributed by atoms with E-state index >= 15 is 0 Å². The van der Waals surface area contributed by atoms with Gasteiger partial charge in [0.2, 0.25) is 0 Å². The SMILES string of the molecule is O=C(OOC(=O)C(F)(C(F)(F)F)C(F)(F)F)C(F)(C(F)(F)F)C(F)(F)F. The number of alkyl halides is 14. The Morgan fingerprint density at radius 2 is 0.577 bits per heavy atom. The summed E-state index contributed by atoms with van der Waals surface area (Å²) in [6.07, 6.45) is -28.8. The van der Waals surface area contributed by atoms with E-state index in [0.717, 1.165) is 0 Å². The van der Waals surface area contributed by atoms with E-state index in [1.165, 1.54) is 0 Å². The summed E-state index contributed by atoms with van der Waals surface area (Å²) in [5.74, 6) is -8.67. The van der Waals surface area contributed by atoms with Crippen molar-refractivity contribution < 1.29 is 80.8 Å². The smallest absolute Gasteiger partial charge is 0.243 e. The van der Waals surface area contributed by atoms with Gasteiger partial charge in [-0.05, 0) is 0 Å². The van der Waals surface area contributed by atoms with Crippen LogP contribution in [0.3, 0.4) is 0 Å². The zero-order chi connectivity index (χ0) is 21.6. The molecule has 0 unspecified atom stereocenters. The molecule has 0 radical (unpaired) electrons. The fourth-order valence-corrected chi connectivity index (χ4v) is 0.975. The van der Waals surface area contributed by atoms with Crippen molar-refractivity contribution >= 4 is 11.9 Å². The maximum Gasteiger partial charge on any atom is 0.443 e. The molecule has 0 aromatic heterocycles. The molecule has 0 heterocycles. The van der Waals surface area contributed by atoms with E-state index in [-0.39, 0.29) is 0 Å². The fourth-order valence-electron chi connectivity index (χ4n) is 0.975. The van der Waals surface area contributed by atoms with Crippen LogP contribution in [0.1, 0.15) is 0 Å². The van der Waals surface area contributed by atoms with Crippen LogP contribution in [0.15, 0.2) is 0 Å².